The van der Waals surface area contributed by atoms with Crippen LogP contribution >= 0.6 is 11.3 Å². The summed E-state index contributed by atoms with van der Waals surface area (Å²) in [6.45, 7) is 2.85. The highest BCUT2D eigenvalue weighted by Gasteiger charge is 2.30. The third-order valence-electron chi connectivity index (χ3n) is 3.99. The first-order chi connectivity index (χ1) is 10.6. The van der Waals surface area contributed by atoms with Crippen LogP contribution in [-0.2, 0) is 4.79 Å². The Kier molecular flexibility index (Phi) is 4.08. The molecule has 2 atom stereocenters. The standard InChI is InChI=1S/C15H18N4O2S/c1-10(14-17-11-5-3-4-6-12(11)22-14)18(2)9-19-13(20)7-8-16-15(19)21/h3-6,10H,7-9H2,1-2H3,(H,16,21)/p+1/t10-/m1/s1. The molecule has 0 aliphatic carbocycles. The van der Waals surface area contributed by atoms with Gasteiger partial charge in [0.1, 0.15) is 6.04 Å². The lowest BCUT2D eigenvalue weighted by atomic mass is 10.3. The van der Waals surface area contributed by atoms with E-state index in [4.69, 9.17) is 0 Å². The van der Waals surface area contributed by atoms with E-state index in [2.05, 4.69) is 23.3 Å². The molecule has 0 spiro atoms. The van der Waals surface area contributed by atoms with Gasteiger partial charge in [0.2, 0.25) is 5.91 Å². The van der Waals surface area contributed by atoms with Crippen LogP contribution in [0.25, 0.3) is 10.2 Å². The van der Waals surface area contributed by atoms with Crippen molar-refractivity contribution in [2.45, 2.75) is 19.4 Å². The summed E-state index contributed by atoms with van der Waals surface area (Å²) in [4.78, 5) is 30.7. The highest BCUT2D eigenvalue weighted by molar-refractivity contribution is 7.18. The second-order valence-corrected chi connectivity index (χ2v) is 6.61. The van der Waals surface area contributed by atoms with Gasteiger partial charge in [0.25, 0.3) is 0 Å². The van der Waals surface area contributed by atoms with Crippen molar-refractivity contribution in [2.24, 2.45) is 0 Å². The molecule has 1 aliphatic rings. The van der Waals surface area contributed by atoms with Crippen LogP contribution in [0.3, 0.4) is 0 Å². The van der Waals surface area contributed by atoms with Gasteiger partial charge in [-0.05, 0) is 19.1 Å². The van der Waals surface area contributed by atoms with Crippen LogP contribution in [0.5, 0.6) is 0 Å². The van der Waals surface area contributed by atoms with Crippen molar-refractivity contribution in [3.05, 3.63) is 29.3 Å². The third kappa shape index (κ3) is 2.82. The number of thiazole rings is 1. The quantitative estimate of drug-likeness (QED) is 0.875. The smallest absolute Gasteiger partial charge is 0.328 e. The van der Waals surface area contributed by atoms with E-state index in [1.54, 1.807) is 11.3 Å². The zero-order valence-corrected chi connectivity index (χ0v) is 13.4. The Bertz CT molecular complexity index is 665. The lowest BCUT2D eigenvalue weighted by Crippen LogP contribution is -3.11. The minimum Gasteiger partial charge on any atom is -0.337 e. The molecule has 1 unspecified atom stereocenters. The first-order valence-electron chi connectivity index (χ1n) is 7.32. The van der Waals surface area contributed by atoms with E-state index in [-0.39, 0.29) is 18.0 Å². The maximum atomic E-state index is 11.9. The number of nitrogens with zero attached hydrogens (tertiary/aromatic N) is 2. The summed E-state index contributed by atoms with van der Waals surface area (Å²) >= 11 is 1.66. The lowest BCUT2D eigenvalue weighted by Gasteiger charge is -2.29. The summed E-state index contributed by atoms with van der Waals surface area (Å²) in [7, 11) is 1.98. The zero-order valence-electron chi connectivity index (χ0n) is 12.6. The van der Waals surface area contributed by atoms with E-state index in [1.807, 2.05) is 25.2 Å². The zero-order chi connectivity index (χ0) is 15.7. The van der Waals surface area contributed by atoms with E-state index in [9.17, 15) is 9.59 Å². The number of carbonyl (C=O) groups is 2. The van der Waals surface area contributed by atoms with Crippen LogP contribution in [-0.4, -0.2) is 42.1 Å². The molecule has 0 bridgehead atoms. The molecule has 2 N–H and O–H groups in total. The van der Waals surface area contributed by atoms with Gasteiger partial charge < -0.3 is 10.2 Å². The van der Waals surface area contributed by atoms with Crippen molar-refractivity contribution in [1.82, 2.24) is 15.2 Å². The number of carbonyl (C=O) groups excluding carboxylic acids is 2. The van der Waals surface area contributed by atoms with Gasteiger partial charge >= 0.3 is 6.03 Å². The molecule has 22 heavy (non-hydrogen) atoms. The van der Waals surface area contributed by atoms with Crippen LogP contribution in [0.1, 0.15) is 24.4 Å². The Morgan fingerprint density at radius 2 is 2.18 bits per heavy atom. The van der Waals surface area contributed by atoms with Crippen LogP contribution in [0.4, 0.5) is 4.79 Å². The SMILES string of the molecule is C[C@H](c1nc2ccccc2s1)[NH+](C)CN1C(=O)CCNC1=O. The summed E-state index contributed by atoms with van der Waals surface area (Å²) in [6.07, 6.45) is 0.370. The molecule has 1 aromatic heterocycles. The van der Waals surface area contributed by atoms with Crippen LogP contribution in [0.15, 0.2) is 24.3 Å². The van der Waals surface area contributed by atoms with Gasteiger partial charge in [-0.15, -0.1) is 11.3 Å². The van der Waals surface area contributed by atoms with E-state index in [1.165, 1.54) is 4.90 Å². The van der Waals surface area contributed by atoms with E-state index in [0.29, 0.717) is 19.6 Å². The third-order valence-corrected chi connectivity index (χ3v) is 5.21. The molecule has 6 nitrogen and oxygen atoms in total. The van der Waals surface area contributed by atoms with E-state index < -0.39 is 0 Å². The van der Waals surface area contributed by atoms with Crippen molar-refractivity contribution >= 4 is 33.5 Å². The fraction of sp³-hybridized carbons (Fsp3) is 0.400. The Balaban J connectivity index is 1.74. The van der Waals surface area contributed by atoms with Gasteiger partial charge in [0.05, 0.1) is 17.3 Å². The van der Waals surface area contributed by atoms with Crippen LogP contribution < -0.4 is 10.2 Å². The molecule has 0 saturated carbocycles. The summed E-state index contributed by atoms with van der Waals surface area (Å²) in [6, 6.07) is 7.85. The second-order valence-electron chi connectivity index (χ2n) is 5.55. The molecular weight excluding hydrogens is 300 g/mol. The number of fused-ring (bicyclic) bond motifs is 1. The molecule has 1 aromatic carbocycles. The number of hydrogen-bond donors (Lipinski definition) is 2. The molecule has 2 aromatic rings. The number of quaternary nitrogens is 1. The van der Waals surface area contributed by atoms with Gasteiger partial charge in [-0.25, -0.2) is 14.7 Å². The highest BCUT2D eigenvalue weighted by Crippen LogP contribution is 2.24. The molecular formula is C15H19N4O2S+. The maximum Gasteiger partial charge on any atom is 0.328 e. The molecule has 1 fully saturated rings. The molecule has 116 valence electrons. The van der Waals surface area contributed by atoms with Gasteiger partial charge in [0, 0.05) is 13.0 Å². The topological polar surface area (TPSA) is 66.7 Å². The average Bonchev–Trinajstić information content (AvgIpc) is 2.94. The normalized spacial score (nSPS) is 18.4. The predicted molar refractivity (Wildman–Crippen MR) is 84.7 cm³/mol. The number of hydrogen-bond acceptors (Lipinski definition) is 4. The van der Waals surface area contributed by atoms with E-state index >= 15 is 0 Å². The number of aromatic nitrogens is 1. The van der Waals surface area contributed by atoms with Crippen LogP contribution in [0.2, 0.25) is 0 Å². The maximum absolute atomic E-state index is 11.9. The van der Waals surface area contributed by atoms with Gasteiger partial charge in [0.15, 0.2) is 11.7 Å². The Hall–Kier alpha value is -1.99. The molecule has 1 aliphatic heterocycles. The Morgan fingerprint density at radius 1 is 1.41 bits per heavy atom. The number of nitrogens with one attached hydrogen (secondary N) is 2. The minimum atomic E-state index is -0.299. The van der Waals surface area contributed by atoms with Gasteiger partial charge in [-0.3, -0.25) is 4.79 Å². The molecule has 2 heterocycles. The predicted octanol–water partition coefficient (Wildman–Crippen LogP) is 0.771. The Labute approximate surface area is 132 Å². The monoisotopic (exact) mass is 319 g/mol. The fourth-order valence-electron chi connectivity index (χ4n) is 2.45. The summed E-state index contributed by atoms with van der Waals surface area (Å²) in [5.41, 5.74) is 0.994. The molecule has 3 amide bonds. The summed E-state index contributed by atoms with van der Waals surface area (Å²) < 4.78 is 1.16. The number of amides is 3. The first-order valence-corrected chi connectivity index (χ1v) is 8.14. The molecule has 7 heteroatoms. The highest BCUT2D eigenvalue weighted by atomic mass is 32.1. The number of rotatable bonds is 4. The average molecular weight is 319 g/mol. The lowest BCUT2D eigenvalue weighted by molar-refractivity contribution is -0.917. The van der Waals surface area contributed by atoms with Crippen molar-refractivity contribution in [2.75, 3.05) is 20.3 Å². The number of imide groups is 1. The molecule has 3 rings (SSSR count). The van der Waals surface area contributed by atoms with Crippen molar-refractivity contribution in [1.29, 1.82) is 0 Å². The number of para-hydroxylation sites is 1. The Morgan fingerprint density at radius 3 is 2.91 bits per heavy atom. The number of urea groups is 1. The molecule has 1 saturated heterocycles. The molecule has 0 radical (unpaired) electrons. The van der Waals surface area contributed by atoms with Crippen molar-refractivity contribution in [3.63, 3.8) is 0 Å². The first kappa shape index (κ1) is 14.9. The van der Waals surface area contributed by atoms with Gasteiger partial charge in [-0.1, -0.05) is 12.1 Å². The minimum absolute atomic E-state index is 0.111. The summed E-state index contributed by atoms with van der Waals surface area (Å²) in [5, 5.41) is 3.73. The van der Waals surface area contributed by atoms with Crippen molar-refractivity contribution in [3.8, 4) is 0 Å². The second kappa shape index (κ2) is 6.02. The number of benzene rings is 1. The van der Waals surface area contributed by atoms with E-state index in [0.717, 1.165) is 20.1 Å². The fourth-order valence-corrected chi connectivity index (χ4v) is 3.56. The van der Waals surface area contributed by atoms with Crippen LogP contribution in [0, 0.1) is 0 Å². The van der Waals surface area contributed by atoms with Crippen molar-refractivity contribution < 1.29 is 14.5 Å². The summed E-state index contributed by atoms with van der Waals surface area (Å²) in [5.74, 6) is -0.111. The van der Waals surface area contributed by atoms with Gasteiger partial charge in [-0.2, -0.15) is 0 Å². The largest absolute Gasteiger partial charge is 0.337 e.